The molecule has 0 bridgehead atoms. The summed E-state index contributed by atoms with van der Waals surface area (Å²) in [7, 11) is 1.61. The summed E-state index contributed by atoms with van der Waals surface area (Å²) in [6, 6.07) is 5.28. The van der Waals surface area contributed by atoms with Crippen LogP contribution in [-0.4, -0.2) is 32.8 Å². The van der Waals surface area contributed by atoms with Crippen LogP contribution >= 0.6 is 0 Å². The molecule has 4 heteroatoms. The molecular weight excluding hydrogens is 255 g/mol. The van der Waals surface area contributed by atoms with Crippen molar-refractivity contribution in [3.63, 3.8) is 0 Å². The lowest BCUT2D eigenvalue weighted by Crippen LogP contribution is -2.46. The first kappa shape index (κ1) is 15.1. The number of hydrogen-bond acceptors (Lipinski definition) is 3. The normalized spacial score (nSPS) is 20.6. The molecule has 20 heavy (non-hydrogen) atoms. The van der Waals surface area contributed by atoms with Crippen LogP contribution in [0.3, 0.4) is 0 Å². The minimum absolute atomic E-state index is 0.151. The maximum Gasteiger partial charge on any atom is 0.146 e. The quantitative estimate of drug-likeness (QED) is 0.901. The zero-order valence-electron chi connectivity index (χ0n) is 12.9. The van der Waals surface area contributed by atoms with Gasteiger partial charge in [-0.2, -0.15) is 0 Å². The Morgan fingerprint density at radius 3 is 2.75 bits per heavy atom. The fourth-order valence-electron chi connectivity index (χ4n) is 2.58. The number of anilines is 1. The van der Waals surface area contributed by atoms with Crippen LogP contribution in [0.4, 0.5) is 10.1 Å². The van der Waals surface area contributed by atoms with Crippen molar-refractivity contribution in [1.82, 2.24) is 5.32 Å². The number of nitrogens with one attached hydrogen (secondary N) is 1. The molecule has 0 saturated carbocycles. The molecule has 1 aliphatic heterocycles. The molecule has 1 heterocycles. The van der Waals surface area contributed by atoms with E-state index in [0.29, 0.717) is 17.5 Å². The maximum absolute atomic E-state index is 14.1. The second kappa shape index (κ2) is 6.00. The van der Waals surface area contributed by atoms with Gasteiger partial charge in [-0.05, 0) is 30.5 Å². The van der Waals surface area contributed by atoms with Gasteiger partial charge in [0, 0.05) is 25.2 Å². The maximum atomic E-state index is 14.1. The second-order valence-corrected chi connectivity index (χ2v) is 6.49. The Kier molecular flexibility index (Phi) is 4.53. The van der Waals surface area contributed by atoms with E-state index in [1.54, 1.807) is 19.2 Å². The van der Waals surface area contributed by atoms with Gasteiger partial charge < -0.3 is 15.0 Å². The molecule has 3 nitrogen and oxygen atoms in total. The van der Waals surface area contributed by atoms with Gasteiger partial charge in [0.05, 0.1) is 12.8 Å². The fraction of sp³-hybridized carbons (Fsp3) is 0.625. The molecule has 1 unspecified atom stereocenters. The lowest BCUT2D eigenvalue weighted by Gasteiger charge is -2.34. The Balaban J connectivity index is 2.26. The van der Waals surface area contributed by atoms with Crippen molar-refractivity contribution < 1.29 is 9.13 Å². The Labute approximate surface area is 121 Å². The van der Waals surface area contributed by atoms with E-state index in [9.17, 15) is 4.39 Å². The first-order valence-corrected chi connectivity index (χ1v) is 7.23. The number of methoxy groups -OCH3 is 1. The van der Waals surface area contributed by atoms with E-state index in [1.165, 1.54) is 6.07 Å². The smallest absolute Gasteiger partial charge is 0.146 e. The summed E-state index contributed by atoms with van der Waals surface area (Å²) in [5.41, 5.74) is 0.792. The number of hydrogen-bond donors (Lipinski definition) is 1. The molecule has 1 aromatic rings. The van der Waals surface area contributed by atoms with Crippen LogP contribution in [-0.2, 0) is 0 Å². The standard InChI is InChI=1S/C16H25FN2O/c1-16(2,3)15-11-19(9-5-8-18-15)14-10-12(20-4)6-7-13(14)17/h6-7,10,15,18H,5,8-9,11H2,1-4H3. The van der Waals surface area contributed by atoms with Crippen molar-refractivity contribution in [2.24, 2.45) is 5.41 Å². The van der Waals surface area contributed by atoms with E-state index >= 15 is 0 Å². The minimum atomic E-state index is -0.180. The number of rotatable bonds is 2. The van der Waals surface area contributed by atoms with Gasteiger partial charge in [-0.1, -0.05) is 20.8 Å². The van der Waals surface area contributed by atoms with Crippen LogP contribution < -0.4 is 15.0 Å². The summed E-state index contributed by atoms with van der Waals surface area (Å²) in [5.74, 6) is 0.520. The van der Waals surface area contributed by atoms with Gasteiger partial charge in [-0.3, -0.25) is 0 Å². The molecule has 1 N–H and O–H groups in total. The minimum Gasteiger partial charge on any atom is -0.497 e. The van der Waals surface area contributed by atoms with Gasteiger partial charge in [-0.25, -0.2) is 4.39 Å². The van der Waals surface area contributed by atoms with Crippen LogP contribution in [0.15, 0.2) is 18.2 Å². The lowest BCUT2D eigenvalue weighted by molar-refractivity contribution is 0.280. The van der Waals surface area contributed by atoms with E-state index in [1.807, 2.05) is 0 Å². The van der Waals surface area contributed by atoms with Crippen LogP contribution in [0.25, 0.3) is 0 Å². The van der Waals surface area contributed by atoms with Crippen molar-refractivity contribution >= 4 is 5.69 Å². The van der Waals surface area contributed by atoms with Gasteiger partial charge in [0.15, 0.2) is 0 Å². The summed E-state index contributed by atoms with van der Waals surface area (Å²) in [6.07, 6.45) is 1.02. The number of ether oxygens (including phenoxy) is 1. The first-order valence-electron chi connectivity index (χ1n) is 7.23. The highest BCUT2D eigenvalue weighted by molar-refractivity contribution is 5.52. The van der Waals surface area contributed by atoms with Crippen molar-refractivity contribution in [1.29, 1.82) is 0 Å². The van der Waals surface area contributed by atoms with Gasteiger partial charge in [0.25, 0.3) is 0 Å². The number of benzene rings is 1. The molecule has 0 spiro atoms. The molecule has 1 saturated heterocycles. The molecule has 0 radical (unpaired) electrons. The molecule has 2 rings (SSSR count). The van der Waals surface area contributed by atoms with Crippen LogP contribution in [0.1, 0.15) is 27.2 Å². The van der Waals surface area contributed by atoms with Crippen LogP contribution in [0.2, 0.25) is 0 Å². The highest BCUT2D eigenvalue weighted by Crippen LogP contribution is 2.28. The van der Waals surface area contributed by atoms with Gasteiger partial charge in [-0.15, -0.1) is 0 Å². The molecule has 1 fully saturated rings. The summed E-state index contributed by atoms with van der Waals surface area (Å²) >= 11 is 0. The van der Waals surface area contributed by atoms with Gasteiger partial charge in [0.2, 0.25) is 0 Å². The summed E-state index contributed by atoms with van der Waals surface area (Å²) in [4.78, 5) is 2.13. The Morgan fingerprint density at radius 1 is 1.35 bits per heavy atom. The van der Waals surface area contributed by atoms with Crippen molar-refractivity contribution in [2.45, 2.75) is 33.2 Å². The predicted molar refractivity (Wildman–Crippen MR) is 81.0 cm³/mol. The average molecular weight is 280 g/mol. The molecule has 0 aliphatic carbocycles. The molecule has 0 amide bonds. The summed E-state index contributed by atoms with van der Waals surface area (Å²) < 4.78 is 19.3. The van der Waals surface area contributed by atoms with Crippen molar-refractivity contribution in [3.8, 4) is 5.75 Å². The van der Waals surface area contributed by atoms with E-state index in [-0.39, 0.29) is 11.2 Å². The third kappa shape index (κ3) is 3.42. The molecular formula is C16H25FN2O. The fourth-order valence-corrected chi connectivity index (χ4v) is 2.58. The first-order chi connectivity index (χ1) is 9.41. The number of halogens is 1. The third-order valence-corrected chi connectivity index (χ3v) is 3.94. The molecule has 0 aromatic heterocycles. The molecule has 1 aliphatic rings. The van der Waals surface area contributed by atoms with E-state index in [0.717, 1.165) is 26.1 Å². The largest absolute Gasteiger partial charge is 0.497 e. The lowest BCUT2D eigenvalue weighted by atomic mass is 9.86. The highest BCUT2D eigenvalue weighted by Gasteiger charge is 2.29. The second-order valence-electron chi connectivity index (χ2n) is 6.49. The third-order valence-electron chi connectivity index (χ3n) is 3.94. The van der Waals surface area contributed by atoms with E-state index < -0.39 is 0 Å². The topological polar surface area (TPSA) is 24.5 Å². The summed E-state index contributed by atoms with van der Waals surface area (Å²) in [5, 5.41) is 3.57. The Hall–Kier alpha value is -1.29. The monoisotopic (exact) mass is 280 g/mol. The molecule has 112 valence electrons. The average Bonchev–Trinajstić information content (AvgIpc) is 2.64. The van der Waals surface area contributed by atoms with Crippen LogP contribution in [0, 0.1) is 11.2 Å². The zero-order chi connectivity index (χ0) is 14.8. The van der Waals surface area contributed by atoms with Gasteiger partial charge >= 0.3 is 0 Å². The van der Waals surface area contributed by atoms with E-state index in [2.05, 4.69) is 31.0 Å². The highest BCUT2D eigenvalue weighted by atomic mass is 19.1. The number of nitrogens with zero attached hydrogens (tertiary/aromatic N) is 1. The molecule has 1 aromatic carbocycles. The van der Waals surface area contributed by atoms with Gasteiger partial charge in [0.1, 0.15) is 11.6 Å². The summed E-state index contributed by atoms with van der Waals surface area (Å²) in [6.45, 7) is 9.31. The Morgan fingerprint density at radius 2 is 2.10 bits per heavy atom. The predicted octanol–water partition coefficient (Wildman–Crippen LogP) is 3.05. The van der Waals surface area contributed by atoms with Crippen LogP contribution in [0.5, 0.6) is 5.75 Å². The molecule has 1 atom stereocenters. The van der Waals surface area contributed by atoms with E-state index in [4.69, 9.17) is 4.74 Å². The van der Waals surface area contributed by atoms with Crippen molar-refractivity contribution in [2.75, 3.05) is 31.6 Å². The zero-order valence-corrected chi connectivity index (χ0v) is 12.9. The van der Waals surface area contributed by atoms with Crippen molar-refractivity contribution in [3.05, 3.63) is 24.0 Å². The SMILES string of the molecule is COc1ccc(F)c(N2CCCNC(C(C)(C)C)C2)c1. The Bertz CT molecular complexity index is 456.